The topological polar surface area (TPSA) is 223 Å². The minimum Gasteiger partial charge on any atom is -0.463 e. The van der Waals surface area contributed by atoms with Gasteiger partial charge in [-0.1, -0.05) is 81.4 Å². The Morgan fingerprint density at radius 3 is 1.88 bits per heavy atom. The molecule has 0 spiro atoms. The molecule has 1 aliphatic heterocycles. The van der Waals surface area contributed by atoms with Crippen LogP contribution in [-0.4, -0.2) is 103 Å². The molecule has 318 valence electrons. The summed E-state index contributed by atoms with van der Waals surface area (Å²) in [5.74, 6) is -3.16. The molecule has 11 atom stereocenters. The van der Waals surface area contributed by atoms with E-state index in [1.54, 1.807) is 48.5 Å². The van der Waals surface area contributed by atoms with E-state index in [1.807, 2.05) is 32.9 Å². The van der Waals surface area contributed by atoms with Crippen LogP contribution >= 0.6 is 0 Å². The first kappa shape index (κ1) is 45.4. The SMILES string of the molecule is CC(=O)OCC1O[C@H](O[C@@H]2C(NC(=O)OCc3ccccc3)C[C@@H](NC(=O)[C@H](CCNC(=O)OCc3ccccc3)OC(C)=O)C(OC(C)=O)[C@H]2O)C(C)[C@@H](C)[C@@H]1C. The molecule has 4 N–H and O–H groups in total. The lowest BCUT2D eigenvalue weighted by Gasteiger charge is -2.48. The van der Waals surface area contributed by atoms with Crippen LogP contribution in [0.15, 0.2) is 60.7 Å². The number of carbonyl (C=O) groups excluding carboxylic acids is 6. The van der Waals surface area contributed by atoms with Gasteiger partial charge in [0.05, 0.1) is 18.2 Å². The second kappa shape index (κ2) is 22.0. The van der Waals surface area contributed by atoms with Crippen LogP contribution in [0.4, 0.5) is 9.59 Å². The zero-order valence-electron chi connectivity index (χ0n) is 33.6. The molecule has 1 saturated carbocycles. The van der Waals surface area contributed by atoms with Crippen LogP contribution in [0.2, 0.25) is 0 Å². The number of esters is 3. The first-order valence-corrected chi connectivity index (χ1v) is 19.3. The van der Waals surface area contributed by atoms with E-state index in [9.17, 15) is 33.9 Å². The quantitative estimate of drug-likeness (QED) is 0.141. The van der Waals surface area contributed by atoms with Gasteiger partial charge in [0, 0.05) is 39.7 Å². The third-order valence-electron chi connectivity index (χ3n) is 10.3. The number of hydrogen-bond acceptors (Lipinski definition) is 14. The van der Waals surface area contributed by atoms with Gasteiger partial charge in [-0.3, -0.25) is 19.2 Å². The van der Waals surface area contributed by atoms with E-state index in [2.05, 4.69) is 16.0 Å². The lowest BCUT2D eigenvalue weighted by atomic mass is 9.78. The highest BCUT2D eigenvalue weighted by atomic mass is 16.7. The Hall–Kier alpha value is -5.26. The molecular weight excluding hydrogens is 758 g/mol. The van der Waals surface area contributed by atoms with Crippen molar-refractivity contribution in [3.05, 3.63) is 71.8 Å². The number of benzene rings is 2. The monoisotopic (exact) mass is 813 g/mol. The highest BCUT2D eigenvalue weighted by Gasteiger charge is 2.51. The molecule has 0 aromatic heterocycles. The minimum atomic E-state index is -1.66. The largest absolute Gasteiger partial charge is 0.463 e. The van der Waals surface area contributed by atoms with Crippen LogP contribution in [0.25, 0.3) is 0 Å². The van der Waals surface area contributed by atoms with Gasteiger partial charge in [-0.15, -0.1) is 0 Å². The Balaban J connectivity index is 1.53. The van der Waals surface area contributed by atoms with Crippen LogP contribution < -0.4 is 16.0 Å². The molecule has 0 bridgehead atoms. The Bertz CT molecular complexity index is 1680. The first-order valence-electron chi connectivity index (χ1n) is 19.3. The van der Waals surface area contributed by atoms with E-state index < -0.39 is 84.9 Å². The van der Waals surface area contributed by atoms with E-state index in [0.29, 0.717) is 0 Å². The summed E-state index contributed by atoms with van der Waals surface area (Å²) in [5.41, 5.74) is 1.49. The Morgan fingerprint density at radius 1 is 0.724 bits per heavy atom. The van der Waals surface area contributed by atoms with Crippen molar-refractivity contribution in [3.8, 4) is 0 Å². The van der Waals surface area contributed by atoms with Crippen LogP contribution in [-0.2, 0) is 65.5 Å². The van der Waals surface area contributed by atoms with Crippen molar-refractivity contribution < 1.29 is 67.0 Å². The van der Waals surface area contributed by atoms with Crippen molar-refractivity contribution >= 4 is 36.0 Å². The second-order valence-corrected chi connectivity index (χ2v) is 14.6. The number of nitrogens with one attached hydrogen (secondary N) is 3. The fraction of sp³-hybridized carbons (Fsp3) is 0.561. The molecule has 2 aromatic rings. The van der Waals surface area contributed by atoms with Crippen molar-refractivity contribution in [1.29, 1.82) is 0 Å². The van der Waals surface area contributed by atoms with Gasteiger partial charge in [0.15, 0.2) is 18.5 Å². The Morgan fingerprint density at radius 2 is 1.31 bits per heavy atom. The number of alkyl carbamates (subject to hydrolysis) is 2. The zero-order valence-corrected chi connectivity index (χ0v) is 33.6. The summed E-state index contributed by atoms with van der Waals surface area (Å²) in [5, 5.41) is 19.9. The average molecular weight is 814 g/mol. The van der Waals surface area contributed by atoms with E-state index in [-0.39, 0.29) is 57.0 Å². The first-order chi connectivity index (χ1) is 27.6. The molecule has 17 heteroatoms. The van der Waals surface area contributed by atoms with Crippen molar-refractivity contribution in [2.24, 2.45) is 17.8 Å². The third kappa shape index (κ3) is 13.7. The van der Waals surface area contributed by atoms with E-state index in [0.717, 1.165) is 25.0 Å². The lowest BCUT2D eigenvalue weighted by Crippen LogP contribution is -2.67. The molecule has 2 fully saturated rings. The number of rotatable bonds is 16. The number of ether oxygens (including phenoxy) is 7. The van der Waals surface area contributed by atoms with Gasteiger partial charge in [-0.05, 0) is 29.4 Å². The summed E-state index contributed by atoms with van der Waals surface area (Å²) in [7, 11) is 0. The maximum Gasteiger partial charge on any atom is 0.407 e. The number of hydrogen-bond donors (Lipinski definition) is 4. The van der Waals surface area contributed by atoms with Crippen LogP contribution in [0, 0.1) is 17.8 Å². The van der Waals surface area contributed by atoms with Crippen LogP contribution in [0.3, 0.4) is 0 Å². The lowest BCUT2D eigenvalue weighted by molar-refractivity contribution is -0.291. The van der Waals surface area contributed by atoms with E-state index >= 15 is 0 Å². The predicted molar refractivity (Wildman–Crippen MR) is 204 cm³/mol. The molecule has 4 unspecified atom stereocenters. The average Bonchev–Trinajstić information content (AvgIpc) is 3.18. The van der Waals surface area contributed by atoms with Gasteiger partial charge in [0.1, 0.15) is 32.0 Å². The van der Waals surface area contributed by atoms with Crippen molar-refractivity contribution in [1.82, 2.24) is 16.0 Å². The van der Waals surface area contributed by atoms with Crippen molar-refractivity contribution in [2.45, 2.75) is 116 Å². The van der Waals surface area contributed by atoms with Gasteiger partial charge in [-0.25, -0.2) is 9.59 Å². The predicted octanol–water partition coefficient (Wildman–Crippen LogP) is 3.29. The maximum absolute atomic E-state index is 13.8. The van der Waals surface area contributed by atoms with Gasteiger partial charge >= 0.3 is 30.1 Å². The summed E-state index contributed by atoms with van der Waals surface area (Å²) in [4.78, 5) is 75.5. The van der Waals surface area contributed by atoms with Gasteiger partial charge in [0.25, 0.3) is 5.91 Å². The fourth-order valence-electron chi connectivity index (χ4n) is 6.91. The smallest absolute Gasteiger partial charge is 0.407 e. The number of carbonyl (C=O) groups is 6. The molecule has 1 heterocycles. The highest BCUT2D eigenvalue weighted by Crippen LogP contribution is 2.38. The summed E-state index contributed by atoms with van der Waals surface area (Å²) >= 11 is 0. The summed E-state index contributed by atoms with van der Waals surface area (Å²) in [6, 6.07) is 15.7. The summed E-state index contributed by atoms with van der Waals surface area (Å²) < 4.78 is 39.6. The maximum atomic E-state index is 13.8. The second-order valence-electron chi connectivity index (χ2n) is 14.6. The van der Waals surface area contributed by atoms with Crippen molar-refractivity contribution in [3.63, 3.8) is 0 Å². The Labute approximate surface area is 337 Å². The van der Waals surface area contributed by atoms with Gasteiger partial charge < -0.3 is 54.2 Å². The molecule has 1 saturated heterocycles. The van der Waals surface area contributed by atoms with Crippen LogP contribution in [0.5, 0.6) is 0 Å². The zero-order chi connectivity index (χ0) is 42.4. The number of amides is 3. The minimum absolute atomic E-state index is 0.00277. The van der Waals surface area contributed by atoms with E-state index in [1.165, 1.54) is 6.92 Å². The molecule has 4 rings (SSSR count). The summed E-state index contributed by atoms with van der Waals surface area (Å²) in [6.45, 7) is 9.19. The van der Waals surface area contributed by atoms with Crippen molar-refractivity contribution in [2.75, 3.05) is 13.2 Å². The normalized spacial score (nSPS) is 27.2. The van der Waals surface area contributed by atoms with Gasteiger partial charge in [-0.2, -0.15) is 0 Å². The summed E-state index contributed by atoms with van der Waals surface area (Å²) in [6.07, 6.45) is -9.25. The standard InChI is InChI=1S/C41H55N3O14/c1-23-24(2)34(22-52-26(4)45)57-39(25(23)3)58-37-32(44-41(51)54-21-30-15-11-8-12-16-30)19-31(36(35(37)48)56-28(6)47)43-38(49)33(55-27(5)46)17-18-42-40(50)53-20-29-13-9-7-10-14-29/h7-16,23-25,31-37,39,48H,17-22H2,1-6H3,(H,42,50)(H,43,49)(H,44,51)/t23-,24-,25?,31+,32?,33-,34?,35+,36?,37+,39+/m0/s1. The molecule has 58 heavy (non-hydrogen) atoms. The molecular formula is C41H55N3O14. The molecule has 1 aliphatic carbocycles. The molecule has 2 aliphatic rings. The molecule has 3 amide bonds. The third-order valence-corrected chi connectivity index (χ3v) is 10.3. The van der Waals surface area contributed by atoms with E-state index in [4.69, 9.17) is 33.2 Å². The van der Waals surface area contributed by atoms with Crippen LogP contribution in [0.1, 0.15) is 65.5 Å². The number of aliphatic hydroxyl groups is 1. The Kier molecular flexibility index (Phi) is 17.3. The fourth-order valence-corrected chi connectivity index (χ4v) is 6.91. The molecule has 2 aromatic carbocycles. The highest BCUT2D eigenvalue weighted by molar-refractivity contribution is 5.84. The molecule has 17 nitrogen and oxygen atoms in total. The van der Waals surface area contributed by atoms with Gasteiger partial charge in [0.2, 0.25) is 0 Å². The molecule has 0 radical (unpaired) electrons. The number of aliphatic hydroxyl groups excluding tert-OH is 1.